The lowest BCUT2D eigenvalue weighted by Crippen LogP contribution is -2.50. The lowest BCUT2D eigenvalue weighted by atomic mass is 9.54. The Hall–Kier alpha value is -0.790. The molecule has 0 saturated heterocycles. The Morgan fingerprint density at radius 1 is 1.35 bits per heavy atom. The van der Waals surface area contributed by atoms with Crippen molar-refractivity contribution >= 4 is 5.97 Å². The van der Waals surface area contributed by atoms with E-state index in [1.165, 1.54) is 25.7 Å². The van der Waals surface area contributed by atoms with Crippen molar-refractivity contribution in [2.24, 2.45) is 22.7 Å². The maximum atomic E-state index is 12.7. The predicted octanol–water partition coefficient (Wildman–Crippen LogP) is 5.91. The maximum absolute atomic E-state index is 12.7. The fourth-order valence-electron chi connectivity index (χ4n) is 4.67. The molecule has 2 rings (SSSR count). The van der Waals surface area contributed by atoms with Crippen LogP contribution in [0.5, 0.6) is 0 Å². The van der Waals surface area contributed by atoms with Gasteiger partial charge in [0.05, 0.1) is 5.41 Å². The summed E-state index contributed by atoms with van der Waals surface area (Å²) in [5.41, 5.74) is 1.23. The third kappa shape index (κ3) is 3.37. The number of hydrogen-bond donors (Lipinski definition) is 0. The first kappa shape index (κ1) is 18.5. The Bertz CT molecular complexity index is 462. The molecule has 0 aliphatic heterocycles. The van der Waals surface area contributed by atoms with Crippen LogP contribution in [0.25, 0.3) is 0 Å². The van der Waals surface area contributed by atoms with E-state index in [-0.39, 0.29) is 22.9 Å². The van der Waals surface area contributed by atoms with Crippen molar-refractivity contribution < 1.29 is 9.53 Å². The normalized spacial score (nSPS) is 34.5. The summed E-state index contributed by atoms with van der Waals surface area (Å²) in [7, 11) is 0. The summed E-state index contributed by atoms with van der Waals surface area (Å²) in [5, 5.41) is 0. The van der Waals surface area contributed by atoms with Gasteiger partial charge in [0.1, 0.15) is 6.10 Å². The highest BCUT2D eigenvalue weighted by molar-refractivity contribution is 5.76. The highest BCUT2D eigenvalue weighted by Crippen LogP contribution is 2.55. The van der Waals surface area contributed by atoms with Crippen LogP contribution in [-0.2, 0) is 9.53 Å². The monoisotopic (exact) mass is 320 g/mol. The van der Waals surface area contributed by atoms with E-state index in [0.29, 0.717) is 5.92 Å². The summed E-state index contributed by atoms with van der Waals surface area (Å²) in [6, 6.07) is 0. The maximum Gasteiger partial charge on any atom is 0.311 e. The Balaban J connectivity index is 2.29. The SMILES string of the molecule is CCC[C@H]1[C@@H](C)CCC2=CCC[C@H](OC(=O)C(C)(C)CC)[C@@]21C. The van der Waals surface area contributed by atoms with Gasteiger partial charge in [-0.3, -0.25) is 4.79 Å². The van der Waals surface area contributed by atoms with E-state index in [2.05, 4.69) is 33.8 Å². The van der Waals surface area contributed by atoms with Crippen LogP contribution in [-0.4, -0.2) is 12.1 Å². The summed E-state index contributed by atoms with van der Waals surface area (Å²) < 4.78 is 6.16. The summed E-state index contributed by atoms with van der Waals surface area (Å²) in [6.45, 7) is 13.1. The fraction of sp³-hybridized carbons (Fsp3) is 0.857. The molecule has 0 aromatic rings. The van der Waals surface area contributed by atoms with Gasteiger partial charge in [0, 0.05) is 5.41 Å². The van der Waals surface area contributed by atoms with Crippen LogP contribution in [0.15, 0.2) is 11.6 Å². The number of rotatable bonds is 5. The van der Waals surface area contributed by atoms with Crippen LogP contribution in [0.1, 0.15) is 86.5 Å². The second-order valence-corrected chi connectivity index (χ2v) is 8.63. The first-order valence-corrected chi connectivity index (χ1v) is 9.67. The van der Waals surface area contributed by atoms with Gasteiger partial charge in [-0.05, 0) is 64.2 Å². The van der Waals surface area contributed by atoms with Crippen LogP contribution in [0.3, 0.4) is 0 Å². The third-order valence-corrected chi connectivity index (χ3v) is 6.79. The van der Waals surface area contributed by atoms with Crippen molar-refractivity contribution in [1.82, 2.24) is 0 Å². The minimum atomic E-state index is -0.377. The molecule has 0 amide bonds. The second kappa shape index (κ2) is 6.99. The van der Waals surface area contributed by atoms with E-state index in [4.69, 9.17) is 4.74 Å². The average Bonchev–Trinajstić information content (AvgIpc) is 2.51. The Kier molecular flexibility index (Phi) is 5.63. The van der Waals surface area contributed by atoms with Crippen molar-refractivity contribution in [3.8, 4) is 0 Å². The number of fused-ring (bicyclic) bond motifs is 1. The Labute approximate surface area is 143 Å². The topological polar surface area (TPSA) is 26.3 Å². The molecule has 23 heavy (non-hydrogen) atoms. The zero-order valence-electron chi connectivity index (χ0n) is 16.1. The molecule has 0 spiro atoms. The van der Waals surface area contributed by atoms with E-state index < -0.39 is 0 Å². The minimum Gasteiger partial charge on any atom is -0.461 e. The molecule has 0 aromatic carbocycles. The molecular weight excluding hydrogens is 284 g/mol. The highest BCUT2D eigenvalue weighted by atomic mass is 16.5. The summed E-state index contributed by atoms with van der Waals surface area (Å²) in [5.74, 6) is 1.34. The minimum absolute atomic E-state index is 0.0130. The van der Waals surface area contributed by atoms with Gasteiger partial charge in [0.15, 0.2) is 0 Å². The van der Waals surface area contributed by atoms with Gasteiger partial charge in [-0.2, -0.15) is 0 Å². The molecule has 0 N–H and O–H groups in total. The van der Waals surface area contributed by atoms with Crippen LogP contribution >= 0.6 is 0 Å². The second-order valence-electron chi connectivity index (χ2n) is 8.63. The van der Waals surface area contributed by atoms with E-state index in [9.17, 15) is 4.79 Å². The summed E-state index contributed by atoms with van der Waals surface area (Å²) >= 11 is 0. The van der Waals surface area contributed by atoms with E-state index in [1.54, 1.807) is 5.57 Å². The quantitative estimate of drug-likeness (QED) is 0.465. The van der Waals surface area contributed by atoms with Gasteiger partial charge in [-0.25, -0.2) is 0 Å². The molecule has 4 atom stereocenters. The molecule has 132 valence electrons. The zero-order valence-corrected chi connectivity index (χ0v) is 16.1. The number of carbonyl (C=O) groups is 1. The van der Waals surface area contributed by atoms with Crippen LogP contribution in [0, 0.1) is 22.7 Å². The number of allylic oxidation sites excluding steroid dienone is 1. The van der Waals surface area contributed by atoms with E-state index in [0.717, 1.165) is 25.2 Å². The molecule has 0 radical (unpaired) electrons. The van der Waals surface area contributed by atoms with Crippen LogP contribution < -0.4 is 0 Å². The van der Waals surface area contributed by atoms with Gasteiger partial charge in [-0.15, -0.1) is 0 Å². The van der Waals surface area contributed by atoms with Crippen LogP contribution in [0.4, 0.5) is 0 Å². The zero-order chi connectivity index (χ0) is 17.3. The molecule has 2 nitrogen and oxygen atoms in total. The van der Waals surface area contributed by atoms with Crippen LogP contribution in [0.2, 0.25) is 0 Å². The lowest BCUT2D eigenvalue weighted by molar-refractivity contribution is -0.170. The van der Waals surface area contributed by atoms with Gasteiger partial charge >= 0.3 is 5.97 Å². The van der Waals surface area contributed by atoms with Crippen molar-refractivity contribution in [3.05, 3.63) is 11.6 Å². The summed E-state index contributed by atoms with van der Waals surface area (Å²) in [6.07, 6.45) is 10.3. The Morgan fingerprint density at radius 3 is 2.65 bits per heavy atom. The molecule has 1 fully saturated rings. The van der Waals surface area contributed by atoms with Gasteiger partial charge in [0.2, 0.25) is 0 Å². The van der Waals surface area contributed by atoms with Crippen molar-refractivity contribution in [2.75, 3.05) is 0 Å². The molecule has 0 bridgehead atoms. The van der Waals surface area contributed by atoms with Crippen molar-refractivity contribution in [1.29, 1.82) is 0 Å². The van der Waals surface area contributed by atoms with Gasteiger partial charge in [-0.1, -0.05) is 45.8 Å². The molecule has 0 aromatic heterocycles. The first-order chi connectivity index (χ1) is 10.8. The molecular formula is C21H36O2. The molecule has 1 saturated carbocycles. The molecule has 0 unspecified atom stereocenters. The van der Waals surface area contributed by atoms with Gasteiger partial charge in [0.25, 0.3) is 0 Å². The van der Waals surface area contributed by atoms with Crippen molar-refractivity contribution in [2.45, 2.75) is 92.6 Å². The smallest absolute Gasteiger partial charge is 0.311 e. The largest absolute Gasteiger partial charge is 0.461 e. The number of hydrogen-bond acceptors (Lipinski definition) is 2. The fourth-order valence-corrected chi connectivity index (χ4v) is 4.67. The standard InChI is InChI=1S/C21H36O2/c1-7-10-17-15(3)13-14-16-11-9-12-18(21(16,17)6)23-19(22)20(4,5)8-2/h11,15,17-18H,7-10,12-14H2,1-6H3/t15-,17-,18-,21-/m0/s1. The molecule has 2 aliphatic rings. The molecule has 2 aliphatic carbocycles. The number of ether oxygens (including phenoxy) is 1. The predicted molar refractivity (Wildman–Crippen MR) is 96.2 cm³/mol. The molecule has 2 heteroatoms. The lowest BCUT2D eigenvalue weighted by Gasteiger charge is -2.53. The number of carbonyl (C=O) groups excluding carboxylic acids is 1. The first-order valence-electron chi connectivity index (χ1n) is 9.67. The summed E-state index contributed by atoms with van der Waals surface area (Å²) in [4.78, 5) is 12.7. The third-order valence-electron chi connectivity index (χ3n) is 6.79. The number of esters is 1. The van der Waals surface area contributed by atoms with Crippen molar-refractivity contribution in [3.63, 3.8) is 0 Å². The van der Waals surface area contributed by atoms with E-state index >= 15 is 0 Å². The Morgan fingerprint density at radius 2 is 2.04 bits per heavy atom. The van der Waals surface area contributed by atoms with Gasteiger partial charge < -0.3 is 4.74 Å². The highest BCUT2D eigenvalue weighted by Gasteiger charge is 2.51. The average molecular weight is 321 g/mol. The van der Waals surface area contributed by atoms with E-state index in [1.807, 2.05) is 13.8 Å². The molecule has 0 heterocycles.